The van der Waals surface area contributed by atoms with Gasteiger partial charge in [0.2, 0.25) is 11.8 Å². The van der Waals surface area contributed by atoms with E-state index in [4.69, 9.17) is 0 Å². The van der Waals surface area contributed by atoms with Crippen LogP contribution < -0.4 is 5.32 Å². The van der Waals surface area contributed by atoms with Crippen molar-refractivity contribution in [2.75, 3.05) is 18.4 Å². The first-order valence-electron chi connectivity index (χ1n) is 8.19. The van der Waals surface area contributed by atoms with Gasteiger partial charge in [-0.05, 0) is 6.42 Å². The Balaban J connectivity index is 2.79. The number of rotatable bonds is 6. The van der Waals surface area contributed by atoms with Crippen LogP contribution in [0.4, 0.5) is 5.82 Å². The van der Waals surface area contributed by atoms with Gasteiger partial charge >= 0.3 is 0 Å². The summed E-state index contributed by atoms with van der Waals surface area (Å²) < 4.78 is 1.66. The standard InChI is InChI=1S/C17H30N4O2/c1-8-9-21(16(23)12(2)3)11-15(22)18-14-10-13(17(4,5)6)19-20(14)7/h10,12H,8-9,11H2,1-7H3,(H,18,22). The molecule has 0 spiro atoms. The van der Waals surface area contributed by atoms with Gasteiger partial charge in [-0.25, -0.2) is 0 Å². The molecule has 0 saturated carbocycles. The summed E-state index contributed by atoms with van der Waals surface area (Å²) in [6.45, 7) is 12.6. The third kappa shape index (κ3) is 5.37. The van der Waals surface area contributed by atoms with E-state index in [-0.39, 0.29) is 29.7 Å². The number of aryl methyl sites for hydroxylation is 1. The first kappa shape index (κ1) is 19.2. The van der Waals surface area contributed by atoms with Crippen molar-refractivity contribution in [3.8, 4) is 0 Å². The zero-order chi connectivity index (χ0) is 17.8. The summed E-state index contributed by atoms with van der Waals surface area (Å²) >= 11 is 0. The summed E-state index contributed by atoms with van der Waals surface area (Å²) in [7, 11) is 1.80. The molecular weight excluding hydrogens is 292 g/mol. The molecule has 2 amide bonds. The topological polar surface area (TPSA) is 67.2 Å². The lowest BCUT2D eigenvalue weighted by atomic mass is 9.92. The van der Waals surface area contributed by atoms with Gasteiger partial charge in [0.05, 0.1) is 12.2 Å². The van der Waals surface area contributed by atoms with Crippen LogP contribution in [0.15, 0.2) is 6.07 Å². The van der Waals surface area contributed by atoms with Crippen molar-refractivity contribution in [2.45, 2.75) is 53.4 Å². The van der Waals surface area contributed by atoms with Gasteiger partial charge < -0.3 is 10.2 Å². The fraction of sp³-hybridized carbons (Fsp3) is 0.706. The van der Waals surface area contributed by atoms with Gasteiger partial charge in [-0.15, -0.1) is 0 Å². The zero-order valence-corrected chi connectivity index (χ0v) is 15.4. The molecule has 1 rings (SSSR count). The lowest BCUT2D eigenvalue weighted by Gasteiger charge is -2.23. The molecule has 0 aliphatic heterocycles. The molecule has 0 unspecified atom stereocenters. The van der Waals surface area contributed by atoms with Crippen LogP contribution in [0, 0.1) is 5.92 Å². The second-order valence-electron chi connectivity index (χ2n) is 7.25. The molecule has 1 aromatic rings. The SMILES string of the molecule is CCCN(CC(=O)Nc1cc(C(C)(C)C)nn1C)C(=O)C(C)C. The Bertz CT molecular complexity index is 555. The van der Waals surface area contributed by atoms with Gasteiger partial charge in [-0.2, -0.15) is 5.10 Å². The minimum atomic E-state index is -0.198. The highest BCUT2D eigenvalue weighted by Gasteiger charge is 2.22. The van der Waals surface area contributed by atoms with E-state index < -0.39 is 0 Å². The molecule has 0 bridgehead atoms. The normalized spacial score (nSPS) is 11.7. The molecule has 1 N–H and O–H groups in total. The molecule has 130 valence electrons. The molecule has 0 aliphatic carbocycles. The van der Waals surface area contributed by atoms with E-state index in [1.54, 1.807) is 16.6 Å². The first-order chi connectivity index (χ1) is 10.6. The van der Waals surface area contributed by atoms with Crippen molar-refractivity contribution in [2.24, 2.45) is 13.0 Å². The van der Waals surface area contributed by atoms with Gasteiger partial charge in [0.1, 0.15) is 5.82 Å². The second kappa shape index (κ2) is 7.62. The van der Waals surface area contributed by atoms with Crippen LogP contribution in [0.5, 0.6) is 0 Å². The summed E-state index contributed by atoms with van der Waals surface area (Å²) in [6.07, 6.45) is 0.825. The van der Waals surface area contributed by atoms with Crippen molar-refractivity contribution in [1.29, 1.82) is 0 Å². The maximum atomic E-state index is 12.3. The Morgan fingerprint density at radius 2 is 1.96 bits per heavy atom. The molecule has 0 aliphatic rings. The average molecular weight is 322 g/mol. The number of carbonyl (C=O) groups excluding carboxylic acids is 2. The highest BCUT2D eigenvalue weighted by Crippen LogP contribution is 2.23. The molecule has 0 saturated heterocycles. The molecule has 6 nitrogen and oxygen atoms in total. The molecule has 1 aromatic heterocycles. The lowest BCUT2D eigenvalue weighted by Crippen LogP contribution is -2.40. The summed E-state index contributed by atoms with van der Waals surface area (Å²) in [4.78, 5) is 26.1. The summed E-state index contributed by atoms with van der Waals surface area (Å²) in [5.41, 5.74) is 0.835. The highest BCUT2D eigenvalue weighted by atomic mass is 16.2. The molecule has 1 heterocycles. The predicted molar refractivity (Wildman–Crippen MR) is 92.2 cm³/mol. The van der Waals surface area contributed by atoms with Gasteiger partial charge in [0.25, 0.3) is 0 Å². The Morgan fingerprint density at radius 3 is 2.39 bits per heavy atom. The zero-order valence-electron chi connectivity index (χ0n) is 15.4. The Labute approximate surface area is 139 Å². The van der Waals surface area contributed by atoms with Crippen LogP contribution in [-0.2, 0) is 22.1 Å². The van der Waals surface area contributed by atoms with Crippen molar-refractivity contribution in [1.82, 2.24) is 14.7 Å². The summed E-state index contributed by atoms with van der Waals surface area (Å²) in [5.74, 6) is 0.338. The summed E-state index contributed by atoms with van der Waals surface area (Å²) in [6, 6.07) is 1.88. The van der Waals surface area contributed by atoms with Gasteiger partial charge in [-0.1, -0.05) is 41.5 Å². The highest BCUT2D eigenvalue weighted by molar-refractivity contribution is 5.94. The number of nitrogens with zero attached hydrogens (tertiary/aromatic N) is 3. The smallest absolute Gasteiger partial charge is 0.245 e. The summed E-state index contributed by atoms with van der Waals surface area (Å²) in [5, 5.41) is 7.29. The number of aromatic nitrogens is 2. The Morgan fingerprint density at radius 1 is 1.35 bits per heavy atom. The van der Waals surface area contributed by atoms with Crippen molar-refractivity contribution in [3.63, 3.8) is 0 Å². The van der Waals surface area contributed by atoms with E-state index in [1.807, 2.05) is 26.8 Å². The molecular formula is C17H30N4O2. The number of nitrogens with one attached hydrogen (secondary N) is 1. The molecule has 23 heavy (non-hydrogen) atoms. The Hall–Kier alpha value is -1.85. The number of hydrogen-bond acceptors (Lipinski definition) is 3. The van der Waals surface area contributed by atoms with Crippen LogP contribution in [0.25, 0.3) is 0 Å². The fourth-order valence-corrected chi connectivity index (χ4v) is 2.21. The molecule has 6 heteroatoms. The third-order valence-electron chi connectivity index (χ3n) is 3.55. The fourth-order valence-electron chi connectivity index (χ4n) is 2.21. The minimum absolute atomic E-state index is 0.00221. The maximum Gasteiger partial charge on any atom is 0.245 e. The van der Waals surface area contributed by atoms with E-state index in [0.717, 1.165) is 12.1 Å². The first-order valence-corrected chi connectivity index (χ1v) is 8.19. The van der Waals surface area contributed by atoms with Crippen LogP contribution in [0.2, 0.25) is 0 Å². The van der Waals surface area contributed by atoms with Crippen molar-refractivity contribution < 1.29 is 9.59 Å². The van der Waals surface area contributed by atoms with Crippen LogP contribution in [-0.4, -0.2) is 39.6 Å². The van der Waals surface area contributed by atoms with Gasteiger partial charge in [0.15, 0.2) is 0 Å². The molecule has 0 atom stereocenters. The number of amides is 2. The largest absolute Gasteiger partial charge is 0.333 e. The van der Waals surface area contributed by atoms with Crippen LogP contribution in [0.1, 0.15) is 53.7 Å². The van der Waals surface area contributed by atoms with Crippen molar-refractivity contribution >= 4 is 17.6 Å². The second-order valence-corrected chi connectivity index (χ2v) is 7.25. The van der Waals surface area contributed by atoms with E-state index in [9.17, 15) is 9.59 Å². The lowest BCUT2D eigenvalue weighted by molar-refractivity contribution is -0.137. The molecule has 0 fully saturated rings. The van der Waals surface area contributed by atoms with E-state index in [2.05, 4.69) is 31.2 Å². The number of hydrogen-bond donors (Lipinski definition) is 1. The minimum Gasteiger partial charge on any atom is -0.333 e. The Kier molecular flexibility index (Phi) is 6.36. The van der Waals surface area contributed by atoms with E-state index in [0.29, 0.717) is 12.4 Å². The quantitative estimate of drug-likeness (QED) is 0.875. The van der Waals surface area contributed by atoms with E-state index >= 15 is 0 Å². The maximum absolute atomic E-state index is 12.3. The monoisotopic (exact) mass is 322 g/mol. The molecule has 0 aromatic carbocycles. The van der Waals surface area contributed by atoms with Gasteiger partial charge in [-0.3, -0.25) is 14.3 Å². The van der Waals surface area contributed by atoms with E-state index in [1.165, 1.54) is 0 Å². The predicted octanol–water partition coefficient (Wildman–Crippen LogP) is 2.55. The molecule has 0 radical (unpaired) electrons. The average Bonchev–Trinajstić information content (AvgIpc) is 2.78. The van der Waals surface area contributed by atoms with Crippen molar-refractivity contribution in [3.05, 3.63) is 11.8 Å². The number of carbonyl (C=O) groups is 2. The van der Waals surface area contributed by atoms with Crippen LogP contribution >= 0.6 is 0 Å². The van der Waals surface area contributed by atoms with Crippen LogP contribution in [0.3, 0.4) is 0 Å². The third-order valence-corrected chi connectivity index (χ3v) is 3.55. The van der Waals surface area contributed by atoms with Gasteiger partial charge in [0, 0.05) is 31.0 Å². The number of anilines is 1.